The molecule has 4 nitrogen and oxygen atoms in total. The number of ketones is 1. The maximum absolute atomic E-state index is 11.3. The fourth-order valence-electron chi connectivity index (χ4n) is 1.68. The molecule has 1 unspecified atom stereocenters. The molecule has 0 heterocycles. The van der Waals surface area contributed by atoms with E-state index in [4.69, 9.17) is 0 Å². The van der Waals surface area contributed by atoms with Crippen molar-refractivity contribution in [2.75, 3.05) is 20.6 Å². The Morgan fingerprint density at radius 1 is 1.69 bits per heavy atom. The lowest BCUT2D eigenvalue weighted by molar-refractivity contribution is -0.124. The number of Topliss-reactive ketones (excluding diaryl/α,β-unsaturated/α-hetero) is 1. The number of hydrogen-bond donors (Lipinski definition) is 1. The van der Waals surface area contributed by atoms with Crippen LogP contribution in [0.1, 0.15) is 19.3 Å². The third-order valence-corrected chi connectivity index (χ3v) is 2.48. The molecule has 13 heavy (non-hydrogen) atoms. The molecule has 4 heteroatoms. The monoisotopic (exact) mass is 184 g/mol. The van der Waals surface area contributed by atoms with Crippen molar-refractivity contribution in [3.63, 3.8) is 0 Å². The highest BCUT2D eigenvalue weighted by molar-refractivity contribution is 5.86. The van der Waals surface area contributed by atoms with Gasteiger partial charge in [-0.15, -0.1) is 0 Å². The second-order valence-corrected chi connectivity index (χ2v) is 3.46. The molecular formula is C9H16N2O2. The van der Waals surface area contributed by atoms with Gasteiger partial charge in [-0.25, -0.2) is 0 Å². The predicted octanol–water partition coefficient (Wildman–Crippen LogP) is -0.214. The van der Waals surface area contributed by atoms with Crippen LogP contribution in [0.3, 0.4) is 0 Å². The van der Waals surface area contributed by atoms with E-state index in [1.807, 2.05) is 11.9 Å². The minimum Gasteiger partial charge on any atom is -0.358 e. The van der Waals surface area contributed by atoms with Crippen molar-refractivity contribution in [3.05, 3.63) is 0 Å². The smallest absolute Gasteiger partial charge is 0.233 e. The van der Waals surface area contributed by atoms with Crippen LogP contribution < -0.4 is 5.32 Å². The Morgan fingerprint density at radius 3 is 2.85 bits per heavy atom. The molecule has 0 aromatic heterocycles. The van der Waals surface area contributed by atoms with Crippen molar-refractivity contribution in [2.24, 2.45) is 0 Å². The largest absolute Gasteiger partial charge is 0.358 e. The van der Waals surface area contributed by atoms with E-state index in [0.717, 1.165) is 12.8 Å². The highest BCUT2D eigenvalue weighted by atomic mass is 16.2. The van der Waals surface area contributed by atoms with Crippen molar-refractivity contribution >= 4 is 11.7 Å². The minimum atomic E-state index is -0.0396. The molecule has 1 amide bonds. The molecule has 74 valence electrons. The summed E-state index contributed by atoms with van der Waals surface area (Å²) < 4.78 is 0. The van der Waals surface area contributed by atoms with Crippen LogP contribution in [0.15, 0.2) is 0 Å². The van der Waals surface area contributed by atoms with E-state index < -0.39 is 0 Å². The summed E-state index contributed by atoms with van der Waals surface area (Å²) in [4.78, 5) is 24.2. The Balaban J connectivity index is 2.42. The first kappa shape index (κ1) is 10.2. The fourth-order valence-corrected chi connectivity index (χ4v) is 1.68. The first-order valence-corrected chi connectivity index (χ1v) is 4.58. The molecule has 0 bridgehead atoms. The molecule has 1 fully saturated rings. The molecule has 1 rings (SSSR count). The topological polar surface area (TPSA) is 49.4 Å². The molecule has 1 saturated carbocycles. The van der Waals surface area contributed by atoms with Gasteiger partial charge in [0.1, 0.15) is 5.78 Å². The van der Waals surface area contributed by atoms with Crippen LogP contribution in [0.5, 0.6) is 0 Å². The molecule has 0 spiro atoms. The maximum atomic E-state index is 11.3. The fraction of sp³-hybridized carbons (Fsp3) is 0.778. The van der Waals surface area contributed by atoms with Crippen molar-refractivity contribution in [1.29, 1.82) is 0 Å². The minimum absolute atomic E-state index is 0.0303. The number of amides is 1. The van der Waals surface area contributed by atoms with Gasteiger partial charge in [0.2, 0.25) is 5.91 Å². The quantitative estimate of drug-likeness (QED) is 0.660. The number of nitrogens with one attached hydrogen (secondary N) is 1. The normalized spacial score (nSPS) is 22.4. The zero-order valence-corrected chi connectivity index (χ0v) is 8.17. The van der Waals surface area contributed by atoms with Crippen LogP contribution in [-0.4, -0.2) is 43.3 Å². The van der Waals surface area contributed by atoms with Gasteiger partial charge in [0.05, 0.1) is 12.6 Å². The molecule has 0 aromatic carbocycles. The third-order valence-electron chi connectivity index (χ3n) is 2.48. The summed E-state index contributed by atoms with van der Waals surface area (Å²) >= 11 is 0. The molecule has 1 aliphatic rings. The zero-order valence-electron chi connectivity index (χ0n) is 8.17. The SMILES string of the molecule is CNC(=O)CN(C)C1CCCC1=O. The van der Waals surface area contributed by atoms with Gasteiger partial charge in [-0.2, -0.15) is 0 Å². The van der Waals surface area contributed by atoms with Crippen molar-refractivity contribution in [3.8, 4) is 0 Å². The lowest BCUT2D eigenvalue weighted by atomic mass is 10.2. The van der Waals surface area contributed by atoms with Gasteiger partial charge < -0.3 is 5.32 Å². The highest BCUT2D eigenvalue weighted by Crippen LogP contribution is 2.18. The van der Waals surface area contributed by atoms with Crippen molar-refractivity contribution in [1.82, 2.24) is 10.2 Å². The number of likely N-dealkylation sites (N-methyl/N-ethyl adjacent to an activating group) is 2. The van der Waals surface area contributed by atoms with Gasteiger partial charge in [0, 0.05) is 13.5 Å². The van der Waals surface area contributed by atoms with E-state index in [9.17, 15) is 9.59 Å². The molecule has 0 aliphatic heterocycles. The molecule has 1 aliphatic carbocycles. The van der Waals surface area contributed by atoms with E-state index in [0.29, 0.717) is 13.0 Å². The second kappa shape index (κ2) is 4.37. The Hall–Kier alpha value is -0.900. The maximum Gasteiger partial charge on any atom is 0.233 e. The summed E-state index contributed by atoms with van der Waals surface area (Å²) in [5.74, 6) is 0.230. The summed E-state index contributed by atoms with van der Waals surface area (Å²) in [5.41, 5.74) is 0. The zero-order chi connectivity index (χ0) is 9.84. The summed E-state index contributed by atoms with van der Waals surface area (Å²) in [6.07, 6.45) is 2.52. The Labute approximate surface area is 78.3 Å². The van der Waals surface area contributed by atoms with E-state index >= 15 is 0 Å². The van der Waals surface area contributed by atoms with Crippen LogP contribution in [0.25, 0.3) is 0 Å². The van der Waals surface area contributed by atoms with Gasteiger partial charge in [-0.1, -0.05) is 0 Å². The lowest BCUT2D eigenvalue weighted by Gasteiger charge is -2.21. The van der Waals surface area contributed by atoms with Crippen LogP contribution in [0, 0.1) is 0 Å². The second-order valence-electron chi connectivity index (χ2n) is 3.46. The number of hydrogen-bond acceptors (Lipinski definition) is 3. The van der Waals surface area contributed by atoms with Gasteiger partial charge >= 0.3 is 0 Å². The van der Waals surface area contributed by atoms with Gasteiger partial charge in [0.25, 0.3) is 0 Å². The predicted molar refractivity (Wildman–Crippen MR) is 49.3 cm³/mol. The van der Waals surface area contributed by atoms with E-state index in [1.54, 1.807) is 7.05 Å². The number of carbonyl (C=O) groups is 2. The Morgan fingerprint density at radius 2 is 2.38 bits per heavy atom. The number of rotatable bonds is 3. The average Bonchev–Trinajstić information content (AvgIpc) is 2.51. The van der Waals surface area contributed by atoms with Crippen LogP contribution in [-0.2, 0) is 9.59 Å². The molecule has 1 N–H and O–H groups in total. The third kappa shape index (κ3) is 2.52. The van der Waals surface area contributed by atoms with E-state index in [-0.39, 0.29) is 17.7 Å². The standard InChI is InChI=1S/C9H16N2O2/c1-10-9(13)6-11(2)7-4-3-5-8(7)12/h7H,3-6H2,1-2H3,(H,10,13). The number of nitrogens with zero attached hydrogens (tertiary/aromatic N) is 1. The highest BCUT2D eigenvalue weighted by Gasteiger charge is 2.28. The Kier molecular flexibility index (Phi) is 3.42. The summed E-state index contributed by atoms with van der Waals surface area (Å²) in [7, 11) is 3.43. The van der Waals surface area contributed by atoms with Crippen LogP contribution in [0.2, 0.25) is 0 Å². The molecule has 0 radical (unpaired) electrons. The van der Waals surface area contributed by atoms with Crippen LogP contribution in [0.4, 0.5) is 0 Å². The Bertz CT molecular complexity index is 216. The van der Waals surface area contributed by atoms with Crippen molar-refractivity contribution < 1.29 is 9.59 Å². The molecule has 0 saturated heterocycles. The average molecular weight is 184 g/mol. The first-order chi connectivity index (χ1) is 6.15. The summed E-state index contributed by atoms with van der Waals surface area (Å²) in [6, 6.07) is -0.0303. The first-order valence-electron chi connectivity index (χ1n) is 4.58. The molecule has 0 aromatic rings. The van der Waals surface area contributed by atoms with Gasteiger partial charge in [-0.3, -0.25) is 14.5 Å². The van der Waals surface area contributed by atoms with Crippen molar-refractivity contribution in [2.45, 2.75) is 25.3 Å². The lowest BCUT2D eigenvalue weighted by Crippen LogP contribution is -2.41. The van der Waals surface area contributed by atoms with Gasteiger partial charge in [-0.05, 0) is 19.9 Å². The van der Waals surface area contributed by atoms with E-state index in [2.05, 4.69) is 5.32 Å². The molecular weight excluding hydrogens is 168 g/mol. The number of carbonyl (C=O) groups excluding carboxylic acids is 2. The van der Waals surface area contributed by atoms with Crippen LogP contribution >= 0.6 is 0 Å². The summed E-state index contributed by atoms with van der Waals surface area (Å²) in [5, 5.41) is 2.54. The molecule has 1 atom stereocenters. The van der Waals surface area contributed by atoms with Gasteiger partial charge in [0.15, 0.2) is 0 Å². The summed E-state index contributed by atoms with van der Waals surface area (Å²) in [6.45, 7) is 0.312. The van der Waals surface area contributed by atoms with E-state index in [1.165, 1.54) is 0 Å².